The number of benzene rings is 1. The van der Waals surface area contributed by atoms with Crippen molar-refractivity contribution < 1.29 is 14.1 Å². The van der Waals surface area contributed by atoms with E-state index in [0.29, 0.717) is 16.2 Å². The summed E-state index contributed by atoms with van der Waals surface area (Å²) in [6, 6.07) is 5.50. The van der Waals surface area contributed by atoms with Crippen molar-refractivity contribution in [1.29, 1.82) is 0 Å². The van der Waals surface area contributed by atoms with Crippen LogP contribution in [0.25, 0.3) is 0 Å². The molecule has 0 aliphatic carbocycles. The first-order valence-corrected chi connectivity index (χ1v) is 11.8. The van der Waals surface area contributed by atoms with Crippen LogP contribution in [0.3, 0.4) is 0 Å². The number of rotatable bonds is 4. The lowest BCUT2D eigenvalue weighted by atomic mass is 9.83. The van der Waals surface area contributed by atoms with Crippen LogP contribution in [-0.4, -0.2) is 52.8 Å². The minimum atomic E-state index is -0.574. The van der Waals surface area contributed by atoms with Crippen LogP contribution in [0.1, 0.15) is 63.4 Å². The molecule has 0 radical (unpaired) electrons. The van der Waals surface area contributed by atoms with Crippen LogP contribution in [0, 0.1) is 6.92 Å². The number of anilines is 1. The molecule has 33 heavy (non-hydrogen) atoms. The van der Waals surface area contributed by atoms with Gasteiger partial charge in [-0.25, -0.2) is 4.98 Å². The van der Waals surface area contributed by atoms with Crippen molar-refractivity contribution in [2.75, 3.05) is 18.0 Å². The molecule has 4 rings (SSSR count). The van der Waals surface area contributed by atoms with Gasteiger partial charge in [-0.2, -0.15) is 0 Å². The fraction of sp³-hybridized carbons (Fsp3) is 0.542. The Morgan fingerprint density at radius 2 is 1.67 bits per heavy atom. The molecule has 7 nitrogen and oxygen atoms in total. The van der Waals surface area contributed by atoms with Crippen molar-refractivity contribution >= 4 is 36.0 Å². The molecule has 0 bridgehead atoms. The van der Waals surface area contributed by atoms with Crippen LogP contribution < -0.4 is 15.8 Å². The largest absolute Gasteiger partial charge is 0.518 e. The Morgan fingerprint density at radius 3 is 2.27 bits per heavy atom. The van der Waals surface area contributed by atoms with Gasteiger partial charge in [-0.3, -0.25) is 9.78 Å². The fourth-order valence-electron chi connectivity index (χ4n) is 4.30. The fourth-order valence-corrected chi connectivity index (χ4v) is 4.61. The lowest BCUT2D eigenvalue weighted by molar-refractivity contribution is 0.00578. The zero-order valence-corrected chi connectivity index (χ0v) is 21.0. The first kappa shape index (κ1) is 24.0. The molecular weight excluding hydrogens is 439 g/mol. The van der Waals surface area contributed by atoms with Crippen LogP contribution in [0.5, 0.6) is 0 Å². The summed E-state index contributed by atoms with van der Waals surface area (Å²) in [7, 11) is -0.574. The summed E-state index contributed by atoms with van der Waals surface area (Å²) in [6.45, 7) is 13.5. The SMILES string of the molecule is Cc1cccc(Cl)c1C(=O)NC1(C)CCN(c2nccnc2B2OC(C)(C)C(C)(C)O2)CC1. The second-order valence-electron chi connectivity index (χ2n) is 10.3. The highest BCUT2D eigenvalue weighted by Crippen LogP contribution is 2.37. The molecule has 0 unspecified atom stereocenters. The second-order valence-corrected chi connectivity index (χ2v) is 10.7. The molecule has 1 aromatic carbocycles. The van der Waals surface area contributed by atoms with E-state index in [0.717, 1.165) is 37.3 Å². The summed E-state index contributed by atoms with van der Waals surface area (Å²) >= 11 is 6.30. The van der Waals surface area contributed by atoms with E-state index in [2.05, 4.69) is 27.1 Å². The van der Waals surface area contributed by atoms with E-state index in [4.69, 9.17) is 20.9 Å². The van der Waals surface area contributed by atoms with Gasteiger partial charge in [-0.05, 0) is 66.0 Å². The molecule has 1 aromatic heterocycles. The Bertz CT molecular complexity index is 1020. The third-order valence-corrected chi connectivity index (χ3v) is 7.53. The number of nitrogens with zero attached hydrogens (tertiary/aromatic N) is 3. The maximum absolute atomic E-state index is 13.0. The summed E-state index contributed by atoms with van der Waals surface area (Å²) < 4.78 is 12.5. The molecule has 0 saturated carbocycles. The molecule has 0 atom stereocenters. The number of piperidine rings is 1. The van der Waals surface area contributed by atoms with Crippen molar-refractivity contribution in [3.63, 3.8) is 0 Å². The van der Waals surface area contributed by atoms with Gasteiger partial charge in [0.15, 0.2) is 0 Å². The van der Waals surface area contributed by atoms with Gasteiger partial charge < -0.3 is 19.5 Å². The van der Waals surface area contributed by atoms with Gasteiger partial charge >= 0.3 is 7.12 Å². The van der Waals surface area contributed by atoms with Gasteiger partial charge in [0.05, 0.1) is 21.8 Å². The molecule has 2 saturated heterocycles. The maximum Gasteiger partial charge on any atom is 0.518 e. The summed E-state index contributed by atoms with van der Waals surface area (Å²) in [5.74, 6) is 0.637. The van der Waals surface area contributed by atoms with Gasteiger partial charge in [0.2, 0.25) is 0 Å². The number of aromatic nitrogens is 2. The summed E-state index contributed by atoms with van der Waals surface area (Å²) in [4.78, 5) is 24.4. The van der Waals surface area contributed by atoms with Gasteiger partial charge in [-0.1, -0.05) is 23.7 Å². The molecule has 1 amide bonds. The van der Waals surface area contributed by atoms with Crippen molar-refractivity contribution in [3.05, 3.63) is 46.7 Å². The van der Waals surface area contributed by atoms with Crippen molar-refractivity contribution in [2.24, 2.45) is 0 Å². The highest BCUT2D eigenvalue weighted by molar-refractivity contribution is 6.62. The van der Waals surface area contributed by atoms with E-state index >= 15 is 0 Å². The Labute approximate surface area is 201 Å². The van der Waals surface area contributed by atoms with Crippen molar-refractivity contribution in [3.8, 4) is 0 Å². The number of carbonyl (C=O) groups is 1. The van der Waals surface area contributed by atoms with Crippen molar-refractivity contribution in [1.82, 2.24) is 15.3 Å². The highest BCUT2D eigenvalue weighted by Gasteiger charge is 2.53. The van der Waals surface area contributed by atoms with Gasteiger partial charge in [0, 0.05) is 31.0 Å². The molecule has 3 heterocycles. The number of hydrogen-bond acceptors (Lipinski definition) is 6. The molecule has 2 fully saturated rings. The normalized spacial score (nSPS) is 21.2. The van der Waals surface area contributed by atoms with E-state index in [9.17, 15) is 4.79 Å². The molecular formula is C24H32BClN4O3. The number of aryl methyl sites for hydroxylation is 1. The summed E-state index contributed by atoms with van der Waals surface area (Å²) in [5, 5.41) is 3.69. The Hall–Kier alpha value is -2.16. The first-order valence-electron chi connectivity index (χ1n) is 11.4. The first-order chi connectivity index (χ1) is 15.4. The molecule has 176 valence electrons. The lowest BCUT2D eigenvalue weighted by Gasteiger charge is -2.41. The van der Waals surface area contributed by atoms with E-state index < -0.39 is 18.3 Å². The number of nitrogens with one attached hydrogen (secondary N) is 1. The number of hydrogen-bond donors (Lipinski definition) is 1. The van der Waals surface area contributed by atoms with Gasteiger partial charge in [0.25, 0.3) is 5.91 Å². The van der Waals surface area contributed by atoms with E-state index in [1.807, 2.05) is 46.8 Å². The smallest absolute Gasteiger partial charge is 0.398 e. The molecule has 2 aliphatic rings. The monoisotopic (exact) mass is 470 g/mol. The molecule has 1 N–H and O–H groups in total. The van der Waals surface area contributed by atoms with E-state index in [1.165, 1.54) is 0 Å². The van der Waals surface area contributed by atoms with Crippen LogP contribution in [-0.2, 0) is 9.31 Å². The molecule has 0 spiro atoms. The van der Waals surface area contributed by atoms with Crippen LogP contribution in [0.4, 0.5) is 5.82 Å². The average molecular weight is 471 g/mol. The van der Waals surface area contributed by atoms with Crippen molar-refractivity contribution in [2.45, 2.75) is 71.1 Å². The van der Waals surface area contributed by atoms with Gasteiger partial charge in [0.1, 0.15) is 11.4 Å². The predicted molar refractivity (Wildman–Crippen MR) is 131 cm³/mol. The van der Waals surface area contributed by atoms with Gasteiger partial charge in [-0.15, -0.1) is 0 Å². The van der Waals surface area contributed by atoms with Crippen LogP contribution in [0.15, 0.2) is 30.6 Å². The highest BCUT2D eigenvalue weighted by atomic mass is 35.5. The molecule has 2 aliphatic heterocycles. The minimum Gasteiger partial charge on any atom is -0.398 e. The molecule has 2 aromatic rings. The van der Waals surface area contributed by atoms with E-state index in [1.54, 1.807) is 18.5 Å². The third-order valence-electron chi connectivity index (χ3n) is 7.21. The van der Waals surface area contributed by atoms with Crippen LogP contribution in [0.2, 0.25) is 5.02 Å². The predicted octanol–water partition coefficient (Wildman–Crippen LogP) is 3.53. The zero-order chi connectivity index (χ0) is 24.0. The van der Waals surface area contributed by atoms with Crippen LogP contribution >= 0.6 is 11.6 Å². The summed E-state index contributed by atoms with van der Waals surface area (Å²) in [5.41, 5.74) is 0.858. The maximum atomic E-state index is 13.0. The lowest BCUT2D eigenvalue weighted by Crippen LogP contribution is -2.55. The summed E-state index contributed by atoms with van der Waals surface area (Å²) in [6.07, 6.45) is 4.90. The minimum absolute atomic E-state index is 0.133. The zero-order valence-electron chi connectivity index (χ0n) is 20.2. The Kier molecular flexibility index (Phi) is 6.23. The third kappa shape index (κ3) is 4.61. The quantitative estimate of drug-likeness (QED) is 0.689. The van der Waals surface area contributed by atoms with E-state index in [-0.39, 0.29) is 11.4 Å². The average Bonchev–Trinajstić information content (AvgIpc) is 2.95. The standard InChI is InChI=1S/C24H32BClN4O3/c1-16-8-7-9-17(26)18(16)21(31)29-24(6)10-14-30(15-11-24)20-19(27-12-13-28-20)25-32-22(2,3)23(4,5)33-25/h7-9,12-13H,10-11,14-15H2,1-6H3,(H,29,31). The Morgan fingerprint density at radius 1 is 1.06 bits per heavy atom. The number of carbonyl (C=O) groups excluding carboxylic acids is 1. The number of amides is 1. The molecule has 9 heteroatoms. The topological polar surface area (TPSA) is 76.6 Å². The second kappa shape index (κ2) is 8.56. The Balaban J connectivity index is 1.47. The number of halogens is 1.